The van der Waals surface area contributed by atoms with Crippen molar-refractivity contribution in [3.8, 4) is 22.1 Å². The molecule has 6 heteroatoms. The Labute approximate surface area is 121 Å². The first-order chi connectivity index (χ1) is 9.30. The Kier molecular flexibility index (Phi) is 4.99. The fourth-order valence-electron chi connectivity index (χ4n) is 1.74. The van der Waals surface area contributed by atoms with Gasteiger partial charge in [0, 0.05) is 12.3 Å². The SMILES string of the molecule is COc1cccc(OC)c1-c1nnc(CCCCl)s1. The molecule has 0 aliphatic rings. The third kappa shape index (κ3) is 3.16. The number of rotatable bonds is 6. The molecule has 0 aliphatic heterocycles. The van der Waals surface area contributed by atoms with Crippen LogP contribution in [0.5, 0.6) is 11.5 Å². The van der Waals surface area contributed by atoms with Crippen LogP contribution in [0, 0.1) is 0 Å². The standard InChI is InChI=1S/C13H15ClN2O2S/c1-17-9-5-3-6-10(18-2)12(9)13-16-15-11(19-13)7-4-8-14/h3,5-6H,4,7-8H2,1-2H3. The summed E-state index contributed by atoms with van der Waals surface area (Å²) in [6.45, 7) is 0. The molecule has 0 amide bonds. The molecule has 0 radical (unpaired) electrons. The smallest absolute Gasteiger partial charge is 0.155 e. The molecule has 1 aromatic carbocycles. The van der Waals surface area contributed by atoms with Crippen LogP contribution in [0.1, 0.15) is 11.4 Å². The van der Waals surface area contributed by atoms with E-state index in [1.165, 1.54) is 0 Å². The van der Waals surface area contributed by atoms with Crippen molar-refractivity contribution in [2.45, 2.75) is 12.8 Å². The molecule has 0 unspecified atom stereocenters. The van der Waals surface area contributed by atoms with Crippen LogP contribution in [-0.2, 0) is 6.42 Å². The van der Waals surface area contributed by atoms with Gasteiger partial charge in [-0.1, -0.05) is 17.4 Å². The van der Waals surface area contributed by atoms with E-state index in [0.29, 0.717) is 5.88 Å². The minimum atomic E-state index is 0.632. The van der Waals surface area contributed by atoms with Gasteiger partial charge in [0.25, 0.3) is 0 Å². The number of aromatic nitrogens is 2. The van der Waals surface area contributed by atoms with Gasteiger partial charge in [-0.2, -0.15) is 0 Å². The minimum absolute atomic E-state index is 0.632. The van der Waals surface area contributed by atoms with Crippen LogP contribution in [0.4, 0.5) is 0 Å². The van der Waals surface area contributed by atoms with E-state index in [-0.39, 0.29) is 0 Å². The van der Waals surface area contributed by atoms with Crippen molar-refractivity contribution in [1.82, 2.24) is 10.2 Å². The van der Waals surface area contributed by atoms with Gasteiger partial charge in [-0.3, -0.25) is 0 Å². The van der Waals surface area contributed by atoms with Gasteiger partial charge in [0.05, 0.1) is 19.8 Å². The lowest BCUT2D eigenvalue weighted by atomic mass is 10.2. The van der Waals surface area contributed by atoms with Gasteiger partial charge >= 0.3 is 0 Å². The summed E-state index contributed by atoms with van der Waals surface area (Å²) in [5, 5.41) is 10.2. The molecule has 0 N–H and O–H groups in total. The Bertz CT molecular complexity index is 523. The summed E-state index contributed by atoms with van der Waals surface area (Å²) in [6, 6.07) is 5.66. The fourth-order valence-corrected chi connectivity index (χ4v) is 2.81. The second kappa shape index (κ2) is 6.73. The van der Waals surface area contributed by atoms with Crippen molar-refractivity contribution in [3.63, 3.8) is 0 Å². The second-order valence-corrected chi connectivity index (χ2v) is 5.27. The van der Waals surface area contributed by atoms with E-state index in [4.69, 9.17) is 21.1 Å². The van der Waals surface area contributed by atoms with Gasteiger partial charge < -0.3 is 9.47 Å². The third-order valence-corrected chi connectivity index (χ3v) is 3.90. The highest BCUT2D eigenvalue weighted by Gasteiger charge is 2.16. The number of halogens is 1. The molecule has 0 atom stereocenters. The van der Waals surface area contributed by atoms with Crippen LogP contribution < -0.4 is 9.47 Å². The number of alkyl halides is 1. The average Bonchev–Trinajstić information content (AvgIpc) is 2.92. The van der Waals surface area contributed by atoms with Gasteiger partial charge in [0.1, 0.15) is 16.5 Å². The largest absolute Gasteiger partial charge is 0.496 e. The highest BCUT2D eigenvalue weighted by atomic mass is 35.5. The lowest BCUT2D eigenvalue weighted by molar-refractivity contribution is 0.397. The molecule has 2 rings (SSSR count). The Hall–Kier alpha value is -1.33. The fraction of sp³-hybridized carbons (Fsp3) is 0.385. The molecule has 1 heterocycles. The molecule has 0 fully saturated rings. The molecule has 4 nitrogen and oxygen atoms in total. The Balaban J connectivity index is 2.37. The first kappa shape index (κ1) is 14.1. The highest BCUT2D eigenvalue weighted by molar-refractivity contribution is 7.14. The zero-order valence-corrected chi connectivity index (χ0v) is 12.4. The van der Waals surface area contributed by atoms with E-state index in [1.54, 1.807) is 25.6 Å². The maximum absolute atomic E-state index is 5.69. The topological polar surface area (TPSA) is 44.2 Å². The molecular formula is C13H15ClN2O2S. The van der Waals surface area contributed by atoms with Crippen LogP contribution in [-0.4, -0.2) is 30.3 Å². The van der Waals surface area contributed by atoms with Gasteiger partial charge in [-0.05, 0) is 18.6 Å². The van der Waals surface area contributed by atoms with E-state index in [1.807, 2.05) is 18.2 Å². The Morgan fingerprint density at radius 3 is 2.42 bits per heavy atom. The zero-order chi connectivity index (χ0) is 13.7. The predicted molar refractivity (Wildman–Crippen MR) is 77.5 cm³/mol. The number of nitrogens with zero attached hydrogens (tertiary/aromatic N) is 2. The first-order valence-corrected chi connectivity index (χ1v) is 7.25. The molecule has 0 saturated heterocycles. The maximum atomic E-state index is 5.69. The normalized spacial score (nSPS) is 10.5. The van der Waals surface area contributed by atoms with Crippen LogP contribution in [0.25, 0.3) is 10.6 Å². The van der Waals surface area contributed by atoms with Crippen molar-refractivity contribution >= 4 is 22.9 Å². The first-order valence-electron chi connectivity index (χ1n) is 5.90. The second-order valence-electron chi connectivity index (χ2n) is 3.83. The summed E-state index contributed by atoms with van der Waals surface area (Å²) in [7, 11) is 3.27. The number of hydrogen-bond acceptors (Lipinski definition) is 5. The van der Waals surface area contributed by atoms with E-state index < -0.39 is 0 Å². The lowest BCUT2D eigenvalue weighted by Crippen LogP contribution is -1.92. The molecule has 0 bridgehead atoms. The molecule has 0 saturated carbocycles. The number of methoxy groups -OCH3 is 2. The minimum Gasteiger partial charge on any atom is -0.496 e. The summed E-state index contributed by atoms with van der Waals surface area (Å²) in [6.07, 6.45) is 1.75. The van der Waals surface area contributed by atoms with Gasteiger partial charge in [0.15, 0.2) is 5.01 Å². The third-order valence-electron chi connectivity index (χ3n) is 2.63. The summed E-state index contributed by atoms with van der Waals surface area (Å²) < 4.78 is 10.7. The van der Waals surface area contributed by atoms with Crippen LogP contribution in [0.15, 0.2) is 18.2 Å². The van der Waals surface area contributed by atoms with E-state index in [2.05, 4.69) is 10.2 Å². The van der Waals surface area contributed by atoms with Crippen molar-refractivity contribution in [2.24, 2.45) is 0 Å². The molecule has 0 aliphatic carbocycles. The molecule has 2 aromatic rings. The average molecular weight is 299 g/mol. The predicted octanol–water partition coefficient (Wildman–Crippen LogP) is 3.39. The van der Waals surface area contributed by atoms with Gasteiger partial charge in [-0.15, -0.1) is 21.8 Å². The summed E-state index contributed by atoms with van der Waals surface area (Å²) in [5.74, 6) is 2.10. The lowest BCUT2D eigenvalue weighted by Gasteiger charge is -2.09. The van der Waals surface area contributed by atoms with E-state index in [9.17, 15) is 0 Å². The van der Waals surface area contributed by atoms with Crippen LogP contribution >= 0.6 is 22.9 Å². The maximum Gasteiger partial charge on any atom is 0.155 e. The highest BCUT2D eigenvalue weighted by Crippen LogP contribution is 2.39. The van der Waals surface area contributed by atoms with Crippen molar-refractivity contribution < 1.29 is 9.47 Å². The number of aryl methyl sites for hydroxylation is 1. The molecule has 19 heavy (non-hydrogen) atoms. The van der Waals surface area contributed by atoms with Gasteiger partial charge in [0.2, 0.25) is 0 Å². The number of hydrogen-bond donors (Lipinski definition) is 0. The molecule has 102 valence electrons. The Morgan fingerprint density at radius 1 is 1.16 bits per heavy atom. The summed E-state index contributed by atoms with van der Waals surface area (Å²) >= 11 is 7.23. The van der Waals surface area contributed by atoms with Crippen molar-refractivity contribution in [2.75, 3.05) is 20.1 Å². The quantitative estimate of drug-likeness (QED) is 0.767. The van der Waals surface area contributed by atoms with E-state index in [0.717, 1.165) is 39.9 Å². The van der Waals surface area contributed by atoms with Crippen LogP contribution in [0.3, 0.4) is 0 Å². The number of ether oxygens (including phenoxy) is 2. The summed E-state index contributed by atoms with van der Waals surface area (Å²) in [4.78, 5) is 0. The number of benzene rings is 1. The molecule has 0 spiro atoms. The van der Waals surface area contributed by atoms with Crippen molar-refractivity contribution in [3.05, 3.63) is 23.2 Å². The Morgan fingerprint density at radius 2 is 1.84 bits per heavy atom. The van der Waals surface area contributed by atoms with Crippen LogP contribution in [0.2, 0.25) is 0 Å². The zero-order valence-electron chi connectivity index (χ0n) is 10.9. The van der Waals surface area contributed by atoms with Gasteiger partial charge in [-0.25, -0.2) is 0 Å². The van der Waals surface area contributed by atoms with E-state index >= 15 is 0 Å². The molecule has 1 aromatic heterocycles. The monoisotopic (exact) mass is 298 g/mol. The molecular weight excluding hydrogens is 284 g/mol. The summed E-state index contributed by atoms with van der Waals surface area (Å²) in [5.41, 5.74) is 0.849. The van der Waals surface area contributed by atoms with Crippen molar-refractivity contribution in [1.29, 1.82) is 0 Å².